The topological polar surface area (TPSA) is 53.5 Å². The van der Waals surface area contributed by atoms with Gasteiger partial charge in [0.2, 0.25) is 5.28 Å². The van der Waals surface area contributed by atoms with Gasteiger partial charge in [0.15, 0.2) is 5.82 Å². The van der Waals surface area contributed by atoms with Crippen molar-refractivity contribution in [2.45, 2.75) is 6.54 Å². The summed E-state index contributed by atoms with van der Waals surface area (Å²) in [5, 5.41) is 3.71. The number of aromatic nitrogens is 2. The zero-order valence-electron chi connectivity index (χ0n) is 13.3. The van der Waals surface area contributed by atoms with Crippen LogP contribution in [0.4, 0.5) is 5.82 Å². The second kappa shape index (κ2) is 8.12. The van der Waals surface area contributed by atoms with Gasteiger partial charge in [-0.3, -0.25) is 4.90 Å². The highest BCUT2D eigenvalue weighted by Gasteiger charge is 2.20. The third-order valence-electron chi connectivity index (χ3n) is 4.28. The predicted octanol–water partition coefficient (Wildman–Crippen LogP) is 2.01. The summed E-state index contributed by atoms with van der Waals surface area (Å²) in [6.45, 7) is 8.48. The molecule has 6 nitrogen and oxygen atoms in total. The van der Waals surface area contributed by atoms with Gasteiger partial charge in [0.1, 0.15) is 0 Å². The maximum Gasteiger partial charge on any atom is 0.224 e. The van der Waals surface area contributed by atoms with E-state index in [4.69, 9.17) is 16.3 Å². The molecule has 0 unspecified atom stereocenters. The van der Waals surface area contributed by atoms with Crippen molar-refractivity contribution in [2.24, 2.45) is 0 Å². The molecule has 2 fully saturated rings. The molecular formula is C15H21Cl2N5OS. The minimum atomic E-state index is 0. The molecule has 2 aliphatic rings. The van der Waals surface area contributed by atoms with Crippen LogP contribution >= 0.6 is 35.3 Å². The molecule has 4 heterocycles. The number of nitrogens with one attached hydrogen (secondary N) is 1. The Hall–Kier alpha value is -0.700. The van der Waals surface area contributed by atoms with Gasteiger partial charge in [-0.05, 0) is 17.7 Å². The molecule has 9 heteroatoms. The molecule has 132 valence electrons. The third-order valence-corrected chi connectivity index (χ3v) is 5.55. The third kappa shape index (κ3) is 3.92. The molecule has 0 aromatic carbocycles. The van der Waals surface area contributed by atoms with Crippen LogP contribution in [0, 0.1) is 0 Å². The first kappa shape index (κ1) is 18.1. The van der Waals surface area contributed by atoms with E-state index in [0.717, 1.165) is 75.1 Å². The van der Waals surface area contributed by atoms with Gasteiger partial charge in [-0.1, -0.05) is 0 Å². The van der Waals surface area contributed by atoms with Crippen molar-refractivity contribution in [3.63, 3.8) is 0 Å². The van der Waals surface area contributed by atoms with Crippen LogP contribution in [0.5, 0.6) is 0 Å². The number of fused-ring (bicyclic) bond motifs is 1. The lowest BCUT2D eigenvalue weighted by atomic mass is 10.3. The smallest absolute Gasteiger partial charge is 0.224 e. The Labute approximate surface area is 156 Å². The summed E-state index contributed by atoms with van der Waals surface area (Å²) in [6, 6.07) is 2.17. The lowest BCUT2D eigenvalue weighted by Crippen LogP contribution is -2.42. The molecule has 0 atom stereocenters. The molecule has 1 N–H and O–H groups in total. The number of ether oxygens (including phenoxy) is 1. The number of nitrogens with zero attached hydrogens (tertiary/aromatic N) is 4. The number of anilines is 1. The van der Waals surface area contributed by atoms with Crippen LogP contribution in [0.3, 0.4) is 0 Å². The van der Waals surface area contributed by atoms with E-state index in [9.17, 15) is 0 Å². The molecule has 2 saturated heterocycles. The summed E-state index contributed by atoms with van der Waals surface area (Å²) >= 11 is 7.94. The fourth-order valence-electron chi connectivity index (χ4n) is 3.09. The number of piperazine rings is 1. The van der Waals surface area contributed by atoms with Gasteiger partial charge in [0.05, 0.1) is 23.4 Å². The Morgan fingerprint density at radius 1 is 1.17 bits per heavy atom. The second-order valence-electron chi connectivity index (χ2n) is 5.87. The molecule has 0 saturated carbocycles. The average molecular weight is 390 g/mol. The van der Waals surface area contributed by atoms with Crippen molar-refractivity contribution in [1.82, 2.24) is 20.2 Å². The van der Waals surface area contributed by atoms with Gasteiger partial charge < -0.3 is 15.0 Å². The number of hydrogen-bond donors (Lipinski definition) is 1. The summed E-state index contributed by atoms with van der Waals surface area (Å²) in [5.74, 6) is 0.958. The van der Waals surface area contributed by atoms with E-state index in [1.54, 1.807) is 11.3 Å². The Morgan fingerprint density at radius 3 is 2.67 bits per heavy atom. The molecule has 4 rings (SSSR count). The molecule has 0 radical (unpaired) electrons. The van der Waals surface area contributed by atoms with Gasteiger partial charge in [-0.25, -0.2) is 4.98 Å². The normalized spacial score (nSPS) is 19.5. The van der Waals surface area contributed by atoms with Gasteiger partial charge in [0, 0.05) is 50.7 Å². The number of hydrogen-bond acceptors (Lipinski definition) is 7. The average Bonchev–Trinajstić information content (AvgIpc) is 2.98. The van der Waals surface area contributed by atoms with Crippen LogP contribution in [-0.2, 0) is 11.3 Å². The van der Waals surface area contributed by atoms with Crippen LogP contribution in [0.25, 0.3) is 10.2 Å². The van der Waals surface area contributed by atoms with Gasteiger partial charge >= 0.3 is 0 Å². The zero-order valence-corrected chi connectivity index (χ0v) is 15.7. The monoisotopic (exact) mass is 389 g/mol. The Morgan fingerprint density at radius 2 is 1.92 bits per heavy atom. The summed E-state index contributed by atoms with van der Waals surface area (Å²) in [6.07, 6.45) is 0. The standard InChI is InChI=1S/C15H20ClN5OS.ClH/c16-15-18-12-9-11(10-20-3-1-17-2-4-20)23-13(12)14(19-15)21-5-7-22-8-6-21;/h9,17H,1-8,10H2;1H. The molecule has 2 aromatic heterocycles. The molecule has 0 aliphatic carbocycles. The van der Waals surface area contributed by atoms with Crippen molar-refractivity contribution in [1.29, 1.82) is 0 Å². The highest BCUT2D eigenvalue weighted by Crippen LogP contribution is 2.33. The van der Waals surface area contributed by atoms with Crippen LogP contribution < -0.4 is 10.2 Å². The van der Waals surface area contributed by atoms with E-state index in [2.05, 4.69) is 31.2 Å². The van der Waals surface area contributed by atoms with Crippen molar-refractivity contribution in [2.75, 3.05) is 57.4 Å². The van der Waals surface area contributed by atoms with E-state index in [-0.39, 0.29) is 12.4 Å². The minimum absolute atomic E-state index is 0. The summed E-state index contributed by atoms with van der Waals surface area (Å²) in [7, 11) is 0. The highest BCUT2D eigenvalue weighted by molar-refractivity contribution is 7.19. The van der Waals surface area contributed by atoms with Crippen LogP contribution in [-0.4, -0.2) is 67.4 Å². The molecule has 2 aromatic rings. The SMILES string of the molecule is Cl.Clc1nc(N2CCOCC2)c2sc(CN3CCNCC3)cc2n1. The van der Waals surface area contributed by atoms with Gasteiger partial charge in [-0.15, -0.1) is 23.7 Å². The second-order valence-corrected chi connectivity index (χ2v) is 7.34. The summed E-state index contributed by atoms with van der Waals surface area (Å²) < 4.78 is 6.58. The molecule has 2 aliphatic heterocycles. The molecular weight excluding hydrogens is 369 g/mol. The quantitative estimate of drug-likeness (QED) is 0.810. The van der Waals surface area contributed by atoms with E-state index in [1.165, 1.54) is 4.88 Å². The molecule has 0 amide bonds. The highest BCUT2D eigenvalue weighted by atomic mass is 35.5. The lowest BCUT2D eigenvalue weighted by molar-refractivity contribution is 0.122. The van der Waals surface area contributed by atoms with E-state index in [1.807, 2.05) is 0 Å². The molecule has 24 heavy (non-hydrogen) atoms. The van der Waals surface area contributed by atoms with Crippen LogP contribution in [0.15, 0.2) is 6.07 Å². The molecule has 0 bridgehead atoms. The Balaban J connectivity index is 0.00000169. The lowest BCUT2D eigenvalue weighted by Gasteiger charge is -2.28. The number of morpholine rings is 1. The van der Waals surface area contributed by atoms with Crippen LogP contribution in [0.1, 0.15) is 4.88 Å². The summed E-state index contributed by atoms with van der Waals surface area (Å²) in [4.78, 5) is 15.0. The van der Waals surface area contributed by atoms with Crippen molar-refractivity contribution < 1.29 is 4.74 Å². The van der Waals surface area contributed by atoms with Crippen molar-refractivity contribution in [3.8, 4) is 0 Å². The zero-order chi connectivity index (χ0) is 15.6. The first-order valence-corrected chi connectivity index (χ1v) is 9.21. The summed E-state index contributed by atoms with van der Waals surface area (Å²) in [5.41, 5.74) is 0.960. The van der Waals surface area contributed by atoms with Crippen molar-refractivity contribution in [3.05, 3.63) is 16.2 Å². The van der Waals surface area contributed by atoms with E-state index in [0.29, 0.717) is 5.28 Å². The fourth-order valence-corrected chi connectivity index (χ4v) is 4.42. The Kier molecular flexibility index (Phi) is 6.12. The maximum atomic E-state index is 6.15. The van der Waals surface area contributed by atoms with Gasteiger partial charge in [-0.2, -0.15) is 4.98 Å². The fraction of sp³-hybridized carbons (Fsp3) is 0.600. The number of rotatable bonds is 3. The first-order valence-electron chi connectivity index (χ1n) is 8.01. The molecule has 0 spiro atoms. The first-order chi connectivity index (χ1) is 11.3. The Bertz CT molecular complexity index is 686. The van der Waals surface area contributed by atoms with Crippen molar-refractivity contribution >= 4 is 51.4 Å². The number of thiophene rings is 1. The van der Waals surface area contributed by atoms with Crippen LogP contribution in [0.2, 0.25) is 5.28 Å². The van der Waals surface area contributed by atoms with E-state index >= 15 is 0 Å². The minimum Gasteiger partial charge on any atom is -0.378 e. The largest absolute Gasteiger partial charge is 0.378 e. The predicted molar refractivity (Wildman–Crippen MR) is 101 cm³/mol. The maximum absolute atomic E-state index is 6.15. The number of halogens is 2. The van der Waals surface area contributed by atoms with Gasteiger partial charge in [0.25, 0.3) is 0 Å². The van der Waals surface area contributed by atoms with E-state index < -0.39 is 0 Å².